The first-order chi connectivity index (χ1) is 23.0. The highest BCUT2D eigenvalue weighted by Gasteiger charge is 2.35. The van der Waals surface area contributed by atoms with Crippen LogP contribution < -0.4 is 9.62 Å². The largest absolute Gasteiger partial charge is 0.352 e. The summed E-state index contributed by atoms with van der Waals surface area (Å²) in [6.07, 6.45) is 5.12. The Labute approximate surface area is 283 Å². The summed E-state index contributed by atoms with van der Waals surface area (Å²) in [5, 5.41) is 3.21. The molecule has 1 N–H and O–H groups in total. The number of nitrogens with one attached hydrogen (secondary N) is 1. The second kappa shape index (κ2) is 15.6. The number of aryl methyl sites for hydroxylation is 3. The third-order valence-corrected chi connectivity index (χ3v) is 10.7. The van der Waals surface area contributed by atoms with E-state index in [9.17, 15) is 22.4 Å². The van der Waals surface area contributed by atoms with E-state index in [0.29, 0.717) is 11.3 Å². The molecule has 4 aromatic carbocycles. The van der Waals surface area contributed by atoms with E-state index in [1.807, 2.05) is 57.2 Å². The fourth-order valence-electron chi connectivity index (χ4n) is 6.35. The summed E-state index contributed by atoms with van der Waals surface area (Å²) in [5.41, 5.74) is 4.43. The number of carbonyl (C=O) groups excluding carboxylic acids is 2. The SMILES string of the molecule is Cc1ccc(S(=O)(=O)N(CC(=O)N(Cc2ccc(F)cc2)C(Cc2ccccc2)C(=O)NC2CCCCC2)c2cc(C)cc(C)c2)cc1. The third kappa shape index (κ3) is 8.89. The highest BCUT2D eigenvalue weighted by atomic mass is 32.2. The smallest absolute Gasteiger partial charge is 0.264 e. The number of hydrogen-bond acceptors (Lipinski definition) is 4. The molecule has 1 unspecified atom stereocenters. The van der Waals surface area contributed by atoms with Crippen LogP contribution in [-0.4, -0.2) is 43.8 Å². The first-order valence-electron chi connectivity index (χ1n) is 16.6. The molecule has 1 aliphatic carbocycles. The highest BCUT2D eigenvalue weighted by molar-refractivity contribution is 7.92. The molecule has 0 radical (unpaired) electrons. The number of halogens is 1. The summed E-state index contributed by atoms with van der Waals surface area (Å²) >= 11 is 0. The van der Waals surface area contributed by atoms with Crippen molar-refractivity contribution >= 4 is 27.5 Å². The Balaban J connectivity index is 1.58. The third-order valence-electron chi connectivity index (χ3n) is 8.87. The second-order valence-electron chi connectivity index (χ2n) is 12.9. The lowest BCUT2D eigenvalue weighted by Crippen LogP contribution is -2.55. The lowest BCUT2D eigenvalue weighted by molar-refractivity contribution is -0.140. The van der Waals surface area contributed by atoms with Gasteiger partial charge in [0.05, 0.1) is 10.6 Å². The molecule has 4 aromatic rings. The molecule has 0 bridgehead atoms. The molecule has 1 aliphatic rings. The molecular weight excluding hydrogens is 626 g/mol. The molecular formula is C39H44FN3O4S. The number of nitrogens with zero attached hydrogens (tertiary/aromatic N) is 2. The van der Waals surface area contributed by atoms with Crippen molar-refractivity contribution in [2.75, 3.05) is 10.8 Å². The van der Waals surface area contributed by atoms with Crippen molar-refractivity contribution in [2.24, 2.45) is 0 Å². The summed E-state index contributed by atoms with van der Waals surface area (Å²) in [6.45, 7) is 5.07. The molecule has 1 fully saturated rings. The van der Waals surface area contributed by atoms with E-state index >= 15 is 0 Å². The number of amides is 2. The summed E-state index contributed by atoms with van der Waals surface area (Å²) in [4.78, 5) is 30.4. The Kier molecular flexibility index (Phi) is 11.3. The maximum atomic E-state index is 14.7. The average Bonchev–Trinajstić information content (AvgIpc) is 3.06. The van der Waals surface area contributed by atoms with Gasteiger partial charge in [-0.25, -0.2) is 12.8 Å². The molecule has 48 heavy (non-hydrogen) atoms. The van der Waals surface area contributed by atoms with E-state index < -0.39 is 34.3 Å². The number of rotatable bonds is 12. The Morgan fingerprint density at radius 2 is 1.42 bits per heavy atom. The standard InChI is InChI=1S/C39H44FN3O4S/c1-28-14-20-36(21-15-28)48(46,47)43(35-23-29(2)22-30(3)24-35)27-38(44)42(26-32-16-18-33(40)19-17-32)37(25-31-10-6-4-7-11-31)39(45)41-34-12-8-5-9-13-34/h4,6-7,10-11,14-24,34,37H,5,8-9,12-13,25-27H2,1-3H3,(H,41,45). The van der Waals surface area contributed by atoms with Crippen molar-refractivity contribution in [2.45, 2.75) is 82.8 Å². The molecule has 0 saturated heterocycles. The molecule has 2 amide bonds. The predicted molar refractivity (Wildman–Crippen MR) is 188 cm³/mol. The Morgan fingerprint density at radius 1 is 0.792 bits per heavy atom. The Bertz CT molecular complexity index is 1790. The molecule has 1 saturated carbocycles. The summed E-state index contributed by atoms with van der Waals surface area (Å²) in [7, 11) is -4.20. The quantitative estimate of drug-likeness (QED) is 0.176. The molecule has 0 spiro atoms. The van der Waals surface area contributed by atoms with Crippen molar-refractivity contribution in [3.8, 4) is 0 Å². The predicted octanol–water partition coefficient (Wildman–Crippen LogP) is 7.04. The number of anilines is 1. The molecule has 0 heterocycles. The van der Waals surface area contributed by atoms with Crippen molar-refractivity contribution < 1.29 is 22.4 Å². The minimum Gasteiger partial charge on any atom is -0.352 e. The monoisotopic (exact) mass is 669 g/mol. The van der Waals surface area contributed by atoms with E-state index in [-0.39, 0.29) is 29.8 Å². The molecule has 5 rings (SSSR count). The van der Waals surface area contributed by atoms with Crippen molar-refractivity contribution in [1.82, 2.24) is 10.2 Å². The first kappa shape index (κ1) is 34.8. The first-order valence-corrected chi connectivity index (χ1v) is 18.0. The molecule has 9 heteroatoms. The number of hydrogen-bond donors (Lipinski definition) is 1. The van der Waals surface area contributed by atoms with Gasteiger partial charge in [0, 0.05) is 19.0 Å². The molecule has 1 atom stereocenters. The van der Waals surface area contributed by atoms with Gasteiger partial charge in [-0.05, 0) is 92.3 Å². The normalized spacial score (nSPS) is 14.2. The van der Waals surface area contributed by atoms with Crippen LogP contribution >= 0.6 is 0 Å². The van der Waals surface area contributed by atoms with Crippen LogP contribution in [0, 0.1) is 26.6 Å². The van der Waals surface area contributed by atoms with Crippen LogP contribution in [0.25, 0.3) is 0 Å². The van der Waals surface area contributed by atoms with Gasteiger partial charge < -0.3 is 10.2 Å². The Hall–Kier alpha value is -4.50. The van der Waals surface area contributed by atoms with Crippen LogP contribution in [0.4, 0.5) is 10.1 Å². The van der Waals surface area contributed by atoms with Gasteiger partial charge in [0.25, 0.3) is 10.0 Å². The van der Waals surface area contributed by atoms with Crippen LogP contribution in [0.1, 0.15) is 59.9 Å². The van der Waals surface area contributed by atoms with E-state index in [4.69, 9.17) is 0 Å². The second-order valence-corrected chi connectivity index (χ2v) is 14.7. The topological polar surface area (TPSA) is 86.8 Å². The lowest BCUT2D eigenvalue weighted by atomic mass is 9.94. The molecule has 7 nitrogen and oxygen atoms in total. The fraction of sp³-hybridized carbons (Fsp3) is 0.333. The van der Waals surface area contributed by atoms with E-state index in [1.54, 1.807) is 36.4 Å². The zero-order valence-corrected chi connectivity index (χ0v) is 28.7. The molecule has 252 valence electrons. The fourth-order valence-corrected chi connectivity index (χ4v) is 7.74. The lowest BCUT2D eigenvalue weighted by Gasteiger charge is -2.35. The zero-order chi connectivity index (χ0) is 34.3. The highest BCUT2D eigenvalue weighted by Crippen LogP contribution is 2.28. The van der Waals surface area contributed by atoms with Gasteiger partial charge in [0.15, 0.2) is 0 Å². The minimum atomic E-state index is -4.20. The van der Waals surface area contributed by atoms with Crippen molar-refractivity contribution in [3.05, 3.63) is 131 Å². The van der Waals surface area contributed by atoms with Crippen molar-refractivity contribution in [3.63, 3.8) is 0 Å². The van der Waals surface area contributed by atoms with Crippen LogP contribution in [-0.2, 0) is 32.6 Å². The van der Waals surface area contributed by atoms with Crippen LogP contribution in [0.15, 0.2) is 102 Å². The number of sulfonamides is 1. The van der Waals surface area contributed by atoms with Gasteiger partial charge in [-0.15, -0.1) is 0 Å². The van der Waals surface area contributed by atoms with Gasteiger partial charge in [-0.2, -0.15) is 0 Å². The number of carbonyl (C=O) groups is 2. The summed E-state index contributed by atoms with van der Waals surface area (Å²) < 4.78 is 43.7. The molecule has 0 aliphatic heterocycles. The van der Waals surface area contributed by atoms with Gasteiger partial charge in [-0.3, -0.25) is 13.9 Å². The minimum absolute atomic E-state index is 0.000907. The zero-order valence-electron chi connectivity index (χ0n) is 27.9. The van der Waals surface area contributed by atoms with E-state index in [0.717, 1.165) is 58.7 Å². The molecule has 0 aromatic heterocycles. The maximum absolute atomic E-state index is 14.7. The van der Waals surface area contributed by atoms with Crippen molar-refractivity contribution in [1.29, 1.82) is 0 Å². The van der Waals surface area contributed by atoms with Crippen LogP contribution in [0.5, 0.6) is 0 Å². The van der Waals surface area contributed by atoms with Crippen LogP contribution in [0.3, 0.4) is 0 Å². The average molecular weight is 670 g/mol. The van der Waals surface area contributed by atoms with E-state index in [2.05, 4.69) is 5.32 Å². The summed E-state index contributed by atoms with van der Waals surface area (Å²) in [6, 6.07) is 26.3. The van der Waals surface area contributed by atoms with Crippen LogP contribution in [0.2, 0.25) is 0 Å². The maximum Gasteiger partial charge on any atom is 0.264 e. The summed E-state index contributed by atoms with van der Waals surface area (Å²) in [5.74, 6) is -1.26. The van der Waals surface area contributed by atoms with Gasteiger partial charge in [0.2, 0.25) is 11.8 Å². The van der Waals surface area contributed by atoms with Gasteiger partial charge in [-0.1, -0.05) is 85.5 Å². The Morgan fingerprint density at radius 3 is 2.04 bits per heavy atom. The van der Waals surface area contributed by atoms with Gasteiger partial charge >= 0.3 is 0 Å². The van der Waals surface area contributed by atoms with Gasteiger partial charge in [0.1, 0.15) is 18.4 Å². The number of benzene rings is 4. The van der Waals surface area contributed by atoms with E-state index in [1.165, 1.54) is 29.2 Å².